The number of hydrogen-bond donors (Lipinski definition) is 2. The number of carbonyl (C=O) groups is 2. The Morgan fingerprint density at radius 2 is 1.95 bits per heavy atom. The molecule has 0 aliphatic heterocycles. The van der Waals surface area contributed by atoms with Crippen LogP contribution in [0.1, 0.15) is 32.1 Å². The number of nitrogens with one attached hydrogen (secondary N) is 1. The molecule has 2 heterocycles. The maximum absolute atomic E-state index is 12.1. The number of carbonyl (C=O) groups excluding carboxylic acids is 1. The lowest BCUT2D eigenvalue weighted by Crippen LogP contribution is -2.16. The number of carboxylic acid groups (broad SMARTS) is 1. The first kappa shape index (κ1) is 13.6. The first-order valence-electron chi connectivity index (χ1n) is 5.79. The van der Waals surface area contributed by atoms with Crippen LogP contribution in [0.25, 0.3) is 0 Å². The van der Waals surface area contributed by atoms with Crippen molar-refractivity contribution in [1.82, 2.24) is 15.2 Å². The lowest BCUT2D eigenvalue weighted by atomic mass is 10.2. The van der Waals surface area contributed by atoms with E-state index in [4.69, 9.17) is 5.11 Å². The van der Waals surface area contributed by atoms with E-state index in [0.29, 0.717) is 17.0 Å². The summed E-state index contributed by atoms with van der Waals surface area (Å²) in [7, 11) is 0. The smallest absolute Gasteiger partial charge is 0.337 e. The van der Waals surface area contributed by atoms with Crippen molar-refractivity contribution in [2.75, 3.05) is 5.32 Å². The summed E-state index contributed by atoms with van der Waals surface area (Å²) in [5.74, 6) is -1.16. The van der Waals surface area contributed by atoms with E-state index in [2.05, 4.69) is 20.5 Å². The van der Waals surface area contributed by atoms with E-state index < -0.39 is 5.97 Å². The summed E-state index contributed by atoms with van der Waals surface area (Å²) in [5, 5.41) is 19.1. The van der Waals surface area contributed by atoms with Crippen LogP contribution in [0.2, 0.25) is 0 Å². The molecule has 0 fully saturated rings. The van der Waals surface area contributed by atoms with Gasteiger partial charge in [-0.2, -0.15) is 10.2 Å². The molecule has 0 saturated heterocycles. The van der Waals surface area contributed by atoms with Gasteiger partial charge in [0.2, 0.25) is 0 Å². The van der Waals surface area contributed by atoms with Crippen LogP contribution in [-0.4, -0.2) is 32.2 Å². The fourth-order valence-corrected chi connectivity index (χ4v) is 1.56. The molecule has 1 amide bonds. The molecular weight excluding hydrogens is 260 g/mol. The second-order valence-corrected chi connectivity index (χ2v) is 4.18. The minimum Gasteiger partial charge on any atom is -0.478 e. The van der Waals surface area contributed by atoms with Gasteiger partial charge in [-0.1, -0.05) is 0 Å². The number of nitrogens with zero attached hydrogens (tertiary/aromatic N) is 3. The highest BCUT2D eigenvalue weighted by molar-refractivity contribution is 6.04. The van der Waals surface area contributed by atoms with E-state index in [9.17, 15) is 9.59 Å². The quantitative estimate of drug-likeness (QED) is 0.875. The van der Waals surface area contributed by atoms with Gasteiger partial charge >= 0.3 is 5.97 Å². The Hall–Kier alpha value is -2.83. The fraction of sp³-hybridized carbons (Fsp3) is 0.154. The number of rotatable bonds is 3. The third-order valence-electron chi connectivity index (χ3n) is 2.60. The highest BCUT2D eigenvalue weighted by Gasteiger charge is 2.12. The van der Waals surface area contributed by atoms with Gasteiger partial charge in [0, 0.05) is 6.20 Å². The highest BCUT2D eigenvalue weighted by atomic mass is 16.4. The van der Waals surface area contributed by atoms with Crippen molar-refractivity contribution in [3.05, 3.63) is 46.9 Å². The van der Waals surface area contributed by atoms with E-state index >= 15 is 0 Å². The van der Waals surface area contributed by atoms with Crippen LogP contribution in [-0.2, 0) is 0 Å². The van der Waals surface area contributed by atoms with Gasteiger partial charge in [0.1, 0.15) is 5.82 Å². The van der Waals surface area contributed by atoms with E-state index in [0.717, 1.165) is 0 Å². The molecule has 0 aliphatic carbocycles. The Morgan fingerprint density at radius 1 is 1.20 bits per heavy atom. The summed E-state index contributed by atoms with van der Waals surface area (Å²) in [4.78, 5) is 26.6. The van der Waals surface area contributed by atoms with Crippen LogP contribution in [0.4, 0.5) is 5.82 Å². The Bertz CT molecular complexity index is 668. The molecule has 2 aromatic rings. The van der Waals surface area contributed by atoms with Gasteiger partial charge in [-0.3, -0.25) is 4.79 Å². The summed E-state index contributed by atoms with van der Waals surface area (Å²) >= 11 is 0. The van der Waals surface area contributed by atoms with Crippen molar-refractivity contribution in [2.24, 2.45) is 0 Å². The first-order chi connectivity index (χ1) is 9.47. The molecule has 0 unspecified atom stereocenters. The maximum Gasteiger partial charge on any atom is 0.337 e. The third kappa shape index (κ3) is 2.94. The molecule has 102 valence electrons. The number of aryl methyl sites for hydroxylation is 2. The van der Waals surface area contributed by atoms with Crippen molar-refractivity contribution < 1.29 is 14.7 Å². The largest absolute Gasteiger partial charge is 0.478 e. The summed E-state index contributed by atoms with van der Waals surface area (Å²) in [6.45, 7) is 3.42. The Balaban J connectivity index is 2.19. The van der Waals surface area contributed by atoms with Crippen molar-refractivity contribution in [3.8, 4) is 0 Å². The Morgan fingerprint density at radius 3 is 2.55 bits per heavy atom. The lowest BCUT2D eigenvalue weighted by Gasteiger charge is -2.06. The summed E-state index contributed by atoms with van der Waals surface area (Å²) < 4.78 is 0. The summed E-state index contributed by atoms with van der Waals surface area (Å²) in [5.41, 5.74) is 1.60. The van der Waals surface area contributed by atoms with Gasteiger partial charge in [-0.25, -0.2) is 9.78 Å². The molecule has 7 nitrogen and oxygen atoms in total. The van der Waals surface area contributed by atoms with Crippen LogP contribution >= 0.6 is 0 Å². The number of amides is 1. The highest BCUT2D eigenvalue weighted by Crippen LogP contribution is 2.10. The maximum atomic E-state index is 12.1. The molecule has 0 radical (unpaired) electrons. The average molecular weight is 272 g/mol. The molecule has 0 aromatic carbocycles. The van der Waals surface area contributed by atoms with E-state index in [-0.39, 0.29) is 17.3 Å². The molecule has 0 spiro atoms. The number of hydrogen-bond acceptors (Lipinski definition) is 5. The van der Waals surface area contributed by atoms with E-state index in [1.165, 1.54) is 18.3 Å². The predicted molar refractivity (Wildman–Crippen MR) is 70.7 cm³/mol. The van der Waals surface area contributed by atoms with Crippen molar-refractivity contribution in [3.63, 3.8) is 0 Å². The van der Waals surface area contributed by atoms with Gasteiger partial charge in [0.25, 0.3) is 5.91 Å². The van der Waals surface area contributed by atoms with Crippen molar-refractivity contribution in [1.29, 1.82) is 0 Å². The standard InChI is InChI=1S/C13H12N4O3/c1-7-5-10(8(2)17-16-7)12(18)15-11-4-3-9(6-14-11)13(19)20/h3-6H,1-2H3,(H,19,20)(H,14,15,18). The molecule has 0 saturated carbocycles. The second-order valence-electron chi connectivity index (χ2n) is 4.18. The summed E-state index contributed by atoms with van der Waals surface area (Å²) in [6.07, 6.45) is 1.18. The number of anilines is 1. The van der Waals surface area contributed by atoms with Crippen molar-refractivity contribution in [2.45, 2.75) is 13.8 Å². The van der Waals surface area contributed by atoms with Gasteiger partial charge in [0.05, 0.1) is 22.5 Å². The summed E-state index contributed by atoms with van der Waals surface area (Å²) in [6, 6.07) is 4.43. The zero-order valence-corrected chi connectivity index (χ0v) is 10.9. The van der Waals surface area contributed by atoms with Gasteiger partial charge in [-0.05, 0) is 32.0 Å². The second kappa shape index (κ2) is 5.43. The van der Waals surface area contributed by atoms with Crippen LogP contribution < -0.4 is 5.32 Å². The number of aromatic nitrogens is 3. The SMILES string of the molecule is Cc1cc(C(=O)Nc2ccc(C(=O)O)cn2)c(C)nn1. The molecule has 20 heavy (non-hydrogen) atoms. The normalized spacial score (nSPS) is 10.1. The number of pyridine rings is 1. The van der Waals surface area contributed by atoms with Crippen molar-refractivity contribution >= 4 is 17.7 Å². The molecule has 2 aromatic heterocycles. The van der Waals surface area contributed by atoms with Crippen LogP contribution in [0.5, 0.6) is 0 Å². The van der Waals surface area contributed by atoms with E-state index in [1.807, 2.05) is 0 Å². The van der Waals surface area contributed by atoms with Gasteiger partial charge < -0.3 is 10.4 Å². The Kier molecular flexibility index (Phi) is 3.69. The molecule has 2 N–H and O–H groups in total. The van der Waals surface area contributed by atoms with E-state index in [1.54, 1.807) is 19.9 Å². The number of aromatic carboxylic acids is 1. The molecular formula is C13H12N4O3. The van der Waals surface area contributed by atoms with Crippen LogP contribution in [0, 0.1) is 13.8 Å². The Labute approximate surface area is 114 Å². The van der Waals surface area contributed by atoms with Crippen LogP contribution in [0.15, 0.2) is 24.4 Å². The lowest BCUT2D eigenvalue weighted by molar-refractivity contribution is 0.0696. The predicted octanol–water partition coefficient (Wildman–Crippen LogP) is 1.44. The third-order valence-corrected chi connectivity index (χ3v) is 2.60. The molecule has 2 rings (SSSR count). The average Bonchev–Trinajstić information content (AvgIpc) is 2.42. The molecule has 0 bridgehead atoms. The minimum atomic E-state index is -1.07. The van der Waals surface area contributed by atoms with Crippen LogP contribution in [0.3, 0.4) is 0 Å². The number of carboxylic acids is 1. The minimum absolute atomic E-state index is 0.0561. The zero-order chi connectivity index (χ0) is 14.7. The fourth-order valence-electron chi connectivity index (χ4n) is 1.56. The molecule has 0 atom stereocenters. The first-order valence-corrected chi connectivity index (χ1v) is 5.79. The molecule has 0 aliphatic rings. The van der Waals surface area contributed by atoms with Gasteiger partial charge in [-0.15, -0.1) is 0 Å². The molecule has 7 heteroatoms. The zero-order valence-electron chi connectivity index (χ0n) is 10.9. The topological polar surface area (TPSA) is 105 Å². The van der Waals surface area contributed by atoms with Gasteiger partial charge in [0.15, 0.2) is 0 Å². The monoisotopic (exact) mass is 272 g/mol.